The zero-order valence-electron chi connectivity index (χ0n) is 48.4. The standard InChI is InChI=1S/C30H44O4.C11H22O3.C10H20O3.C8H16O3.2CH4/c1-5-29(2,3)28(32)33-24-14-18-13-23(24)26-21-11-17(25(18)26)12-22(21)27(31)34-30(4)19-7-15-6-16(9-19)10-20(30)8-15;1-6-8-13-9(3)14-10(12)11(4,5)7-2;1-6-10(4,5)9(11)13-8(3)12-7-2;1-5-8(2,3)7(9)11-6-10-4;;/h15-26H,5-14H2,1-4H3;9H,6-8H2,1-5H3;8H,6-7H2,1-5H3;5-6H2,1-4H3;2*1H4. The summed E-state index contributed by atoms with van der Waals surface area (Å²) in [5, 5.41) is 0. The highest BCUT2D eigenvalue weighted by atomic mass is 16.7. The molecule has 10 unspecified atom stereocenters. The van der Waals surface area contributed by atoms with Gasteiger partial charge in [0, 0.05) is 13.7 Å². The van der Waals surface area contributed by atoms with Crippen LogP contribution in [0.2, 0.25) is 0 Å². The molecule has 0 saturated heterocycles. The molecule has 13 nitrogen and oxygen atoms in total. The molecule has 8 bridgehead atoms. The molecule has 8 saturated carbocycles. The van der Waals surface area contributed by atoms with Gasteiger partial charge in [0.15, 0.2) is 19.4 Å². The Kier molecular flexibility index (Phi) is 25.7. The van der Waals surface area contributed by atoms with E-state index in [1.165, 1.54) is 52.1 Å². The van der Waals surface area contributed by atoms with Crippen LogP contribution in [0, 0.1) is 86.8 Å². The average molecular weight is 1050 g/mol. The zero-order valence-corrected chi connectivity index (χ0v) is 48.4. The molecule has 74 heavy (non-hydrogen) atoms. The summed E-state index contributed by atoms with van der Waals surface area (Å²) in [5.41, 5.74) is -1.84. The molecule has 8 aliphatic carbocycles. The molecule has 0 aromatic carbocycles. The summed E-state index contributed by atoms with van der Waals surface area (Å²) in [4.78, 5) is 60.8. The first-order valence-corrected chi connectivity index (χ1v) is 28.3. The minimum absolute atomic E-state index is 0. The van der Waals surface area contributed by atoms with E-state index >= 15 is 0 Å². The molecule has 0 spiro atoms. The van der Waals surface area contributed by atoms with Crippen LogP contribution in [0.1, 0.15) is 222 Å². The van der Waals surface area contributed by atoms with E-state index in [-0.39, 0.29) is 69.1 Å². The molecule has 10 atom stereocenters. The van der Waals surface area contributed by atoms with Crippen LogP contribution in [0.25, 0.3) is 0 Å². The van der Waals surface area contributed by atoms with Gasteiger partial charge in [-0.25, -0.2) is 0 Å². The van der Waals surface area contributed by atoms with Gasteiger partial charge in [-0.3, -0.25) is 24.0 Å². The second-order valence-electron chi connectivity index (χ2n) is 25.5. The monoisotopic (exact) mass is 1050 g/mol. The first kappa shape index (κ1) is 67.3. The fourth-order valence-electron chi connectivity index (χ4n) is 12.9. The van der Waals surface area contributed by atoms with Crippen LogP contribution in [-0.4, -0.2) is 81.2 Å². The number of ether oxygens (including phenoxy) is 8. The van der Waals surface area contributed by atoms with Crippen LogP contribution in [0.3, 0.4) is 0 Å². The van der Waals surface area contributed by atoms with Crippen molar-refractivity contribution in [1.82, 2.24) is 0 Å². The number of esters is 5. The van der Waals surface area contributed by atoms with E-state index < -0.39 is 34.2 Å². The summed E-state index contributed by atoms with van der Waals surface area (Å²) in [6.07, 6.45) is 14.3. The van der Waals surface area contributed by atoms with E-state index in [1.807, 2.05) is 90.0 Å². The number of carbonyl (C=O) groups excluding carboxylic acids is 5. The maximum atomic E-state index is 13.7. The van der Waals surface area contributed by atoms with Crippen LogP contribution >= 0.6 is 0 Å². The Morgan fingerprint density at radius 1 is 0.554 bits per heavy atom. The second-order valence-corrected chi connectivity index (χ2v) is 25.5. The molecule has 13 heteroatoms. The highest BCUT2D eigenvalue weighted by Gasteiger charge is 2.67. The van der Waals surface area contributed by atoms with Crippen molar-refractivity contribution in [2.45, 2.75) is 247 Å². The highest BCUT2D eigenvalue weighted by Crippen LogP contribution is 2.70. The minimum Gasteiger partial charge on any atom is -0.462 e. The smallest absolute Gasteiger partial charge is 0.313 e. The summed E-state index contributed by atoms with van der Waals surface area (Å²) in [5.74, 6) is 6.21. The Labute approximate surface area is 450 Å². The summed E-state index contributed by atoms with van der Waals surface area (Å²) < 4.78 is 42.8. The Balaban J connectivity index is 0.000000393. The van der Waals surface area contributed by atoms with E-state index in [2.05, 4.69) is 18.6 Å². The summed E-state index contributed by atoms with van der Waals surface area (Å²) in [7, 11) is 1.49. The summed E-state index contributed by atoms with van der Waals surface area (Å²) >= 11 is 0. The van der Waals surface area contributed by atoms with Gasteiger partial charge in [0.2, 0.25) is 0 Å². The lowest BCUT2D eigenvalue weighted by atomic mass is 9.50. The number of carbonyl (C=O) groups is 5. The van der Waals surface area contributed by atoms with Crippen molar-refractivity contribution in [3.05, 3.63) is 0 Å². The van der Waals surface area contributed by atoms with Crippen molar-refractivity contribution in [1.29, 1.82) is 0 Å². The fraction of sp³-hybridized carbons (Fsp3) is 0.918. The van der Waals surface area contributed by atoms with Crippen molar-refractivity contribution in [3.63, 3.8) is 0 Å². The van der Waals surface area contributed by atoms with E-state index in [9.17, 15) is 24.0 Å². The van der Waals surface area contributed by atoms with Crippen molar-refractivity contribution < 1.29 is 61.9 Å². The summed E-state index contributed by atoms with van der Waals surface area (Å²) in [6, 6.07) is 0. The van der Waals surface area contributed by atoms with Gasteiger partial charge >= 0.3 is 29.8 Å². The molecule has 0 N–H and O–H groups in total. The number of hydrogen-bond donors (Lipinski definition) is 0. The average Bonchev–Trinajstić information content (AvgIpc) is 4.13. The molecule has 0 heterocycles. The number of fused-ring (bicyclic) bond motifs is 9. The van der Waals surface area contributed by atoms with Gasteiger partial charge < -0.3 is 37.9 Å². The Hall–Kier alpha value is -2.77. The van der Waals surface area contributed by atoms with Gasteiger partial charge in [0.05, 0.1) is 34.2 Å². The maximum Gasteiger partial charge on any atom is 0.313 e. The van der Waals surface area contributed by atoms with Gasteiger partial charge in [-0.1, -0.05) is 49.5 Å². The van der Waals surface area contributed by atoms with Crippen molar-refractivity contribution >= 4 is 29.8 Å². The second kappa shape index (κ2) is 28.2. The molecule has 8 fully saturated rings. The van der Waals surface area contributed by atoms with E-state index in [0.29, 0.717) is 54.6 Å². The predicted molar refractivity (Wildman–Crippen MR) is 291 cm³/mol. The molecular formula is C61H110O13. The summed E-state index contributed by atoms with van der Waals surface area (Å²) in [6.45, 7) is 34.0. The third-order valence-corrected chi connectivity index (χ3v) is 19.0. The van der Waals surface area contributed by atoms with Crippen LogP contribution in [0.5, 0.6) is 0 Å². The molecule has 0 amide bonds. The Bertz CT molecular complexity index is 1760. The molecule has 8 rings (SSSR count). The molecule has 0 aromatic rings. The van der Waals surface area contributed by atoms with Crippen LogP contribution < -0.4 is 0 Å². The largest absolute Gasteiger partial charge is 0.462 e. The van der Waals surface area contributed by atoms with Crippen molar-refractivity contribution in [2.24, 2.45) is 86.8 Å². The van der Waals surface area contributed by atoms with Crippen molar-refractivity contribution in [2.75, 3.05) is 27.1 Å². The third-order valence-electron chi connectivity index (χ3n) is 19.0. The van der Waals surface area contributed by atoms with Crippen molar-refractivity contribution in [3.8, 4) is 0 Å². The van der Waals surface area contributed by atoms with Crippen LogP contribution in [-0.2, 0) is 61.9 Å². The molecule has 8 aliphatic rings. The molecule has 0 aliphatic heterocycles. The number of rotatable bonds is 20. The maximum absolute atomic E-state index is 13.7. The molecule has 0 aromatic heterocycles. The highest BCUT2D eigenvalue weighted by molar-refractivity contribution is 5.77. The number of methoxy groups -OCH3 is 1. The lowest BCUT2D eigenvalue weighted by Gasteiger charge is -2.59. The fourth-order valence-corrected chi connectivity index (χ4v) is 12.9. The Morgan fingerprint density at radius 2 is 1.00 bits per heavy atom. The third kappa shape index (κ3) is 16.2. The molecule has 0 radical (unpaired) electrons. The Morgan fingerprint density at radius 3 is 1.46 bits per heavy atom. The van der Waals surface area contributed by atoms with E-state index in [1.54, 1.807) is 13.8 Å². The zero-order chi connectivity index (χ0) is 54.1. The molecular weight excluding hydrogens is 941 g/mol. The van der Waals surface area contributed by atoms with Gasteiger partial charge in [0.1, 0.15) is 11.7 Å². The van der Waals surface area contributed by atoms with Crippen LogP contribution in [0.15, 0.2) is 0 Å². The van der Waals surface area contributed by atoms with Gasteiger partial charge in [-0.05, 0) is 232 Å². The van der Waals surface area contributed by atoms with Gasteiger partial charge in [-0.2, -0.15) is 0 Å². The quantitative estimate of drug-likeness (QED) is 0.0491. The van der Waals surface area contributed by atoms with Gasteiger partial charge in [-0.15, -0.1) is 0 Å². The number of hydrogen-bond acceptors (Lipinski definition) is 13. The molecule has 432 valence electrons. The topological polar surface area (TPSA) is 159 Å². The van der Waals surface area contributed by atoms with E-state index in [4.69, 9.17) is 33.2 Å². The SMILES string of the molecule is C.C.CCC(C)(C)C(=O)OC1CC2CC1C1C3CC(CC3C(=O)OC3(C)C4CC5CC(C4)CC3C5)C21.CCC(C)(C)C(=O)OCOC.CCCOC(C)OC(=O)C(C)(C)CC.CCOC(C)OC(=O)C(C)(C)CC. The lowest BCUT2D eigenvalue weighted by Crippen LogP contribution is -2.58. The minimum atomic E-state index is -0.441. The van der Waals surface area contributed by atoms with Gasteiger partial charge in [0.25, 0.3) is 0 Å². The lowest BCUT2D eigenvalue weighted by molar-refractivity contribution is -0.209. The normalized spacial score (nSPS) is 31.5. The van der Waals surface area contributed by atoms with Crippen LogP contribution in [0.4, 0.5) is 0 Å². The first-order valence-electron chi connectivity index (χ1n) is 28.3. The van der Waals surface area contributed by atoms with E-state index in [0.717, 1.165) is 62.7 Å². The predicted octanol–water partition coefficient (Wildman–Crippen LogP) is 13.9. The first-order chi connectivity index (χ1) is 33.6.